The smallest absolute Gasteiger partial charge is 0.231 e. The molecule has 0 amide bonds. The molecule has 1 fully saturated rings. The minimum absolute atomic E-state index is 0.224. The van der Waals surface area contributed by atoms with E-state index < -0.39 is 0 Å². The number of ether oxygens (including phenoxy) is 2. The first kappa shape index (κ1) is 8.38. The van der Waals surface area contributed by atoms with Gasteiger partial charge in [0.15, 0.2) is 11.5 Å². The molecule has 1 aromatic rings. The van der Waals surface area contributed by atoms with Crippen LogP contribution in [0.1, 0.15) is 18.4 Å². The Labute approximate surface area is 86.7 Å². The van der Waals surface area contributed by atoms with Crippen LogP contribution in [0.2, 0.25) is 5.02 Å². The highest BCUT2D eigenvalue weighted by molar-refractivity contribution is 6.31. The van der Waals surface area contributed by atoms with E-state index in [-0.39, 0.29) is 12.3 Å². The average Bonchev–Trinajstić information content (AvgIpc) is 2.75. The van der Waals surface area contributed by atoms with Crippen molar-refractivity contribution in [3.63, 3.8) is 0 Å². The molecule has 4 heteroatoms. The molecule has 0 radical (unpaired) electrons. The van der Waals surface area contributed by atoms with Crippen LogP contribution in [0.4, 0.5) is 0 Å². The SMILES string of the molecule is NC1(c2cc3c(cc2Cl)OCO3)CC1. The Balaban J connectivity index is 2.13. The fraction of sp³-hybridized carbons (Fsp3) is 0.400. The Hall–Kier alpha value is -0.930. The molecule has 2 N–H and O–H groups in total. The molecule has 0 atom stereocenters. The van der Waals surface area contributed by atoms with Crippen LogP contribution in [0.25, 0.3) is 0 Å². The summed E-state index contributed by atoms with van der Waals surface area (Å²) in [7, 11) is 0. The Bertz CT molecular complexity index is 401. The average molecular weight is 212 g/mol. The van der Waals surface area contributed by atoms with E-state index in [1.54, 1.807) is 6.07 Å². The zero-order chi connectivity index (χ0) is 9.76. The van der Waals surface area contributed by atoms with Gasteiger partial charge in [-0.3, -0.25) is 0 Å². The van der Waals surface area contributed by atoms with E-state index in [0.29, 0.717) is 10.8 Å². The maximum absolute atomic E-state index is 6.12. The molecule has 2 aliphatic rings. The zero-order valence-corrected chi connectivity index (χ0v) is 8.30. The summed E-state index contributed by atoms with van der Waals surface area (Å²) in [6.07, 6.45) is 1.98. The normalized spacial score (nSPS) is 21.0. The molecule has 0 aromatic heterocycles. The molecular formula is C10H10ClNO2. The lowest BCUT2D eigenvalue weighted by Gasteiger charge is -2.11. The summed E-state index contributed by atoms with van der Waals surface area (Å²) in [6, 6.07) is 3.68. The summed E-state index contributed by atoms with van der Waals surface area (Å²) in [5.74, 6) is 1.46. The summed E-state index contributed by atoms with van der Waals surface area (Å²) in [6.45, 7) is 0.271. The topological polar surface area (TPSA) is 44.5 Å². The van der Waals surface area contributed by atoms with Gasteiger partial charge in [-0.25, -0.2) is 0 Å². The van der Waals surface area contributed by atoms with Crippen molar-refractivity contribution >= 4 is 11.6 Å². The fourth-order valence-corrected chi connectivity index (χ4v) is 2.04. The largest absolute Gasteiger partial charge is 0.454 e. The van der Waals surface area contributed by atoms with Crippen molar-refractivity contribution in [2.75, 3.05) is 6.79 Å². The number of hydrogen-bond donors (Lipinski definition) is 1. The van der Waals surface area contributed by atoms with Gasteiger partial charge in [0, 0.05) is 16.6 Å². The van der Waals surface area contributed by atoms with Crippen LogP contribution in [-0.2, 0) is 5.54 Å². The fourth-order valence-electron chi connectivity index (χ4n) is 1.70. The summed E-state index contributed by atoms with van der Waals surface area (Å²) in [5, 5.41) is 0.675. The minimum Gasteiger partial charge on any atom is -0.454 e. The van der Waals surface area contributed by atoms with Gasteiger partial charge in [0.1, 0.15) is 0 Å². The summed E-state index contributed by atoms with van der Waals surface area (Å²) >= 11 is 6.12. The summed E-state index contributed by atoms with van der Waals surface area (Å²) in [5.41, 5.74) is 6.83. The van der Waals surface area contributed by atoms with Gasteiger partial charge in [0.25, 0.3) is 0 Å². The van der Waals surface area contributed by atoms with Crippen LogP contribution < -0.4 is 15.2 Å². The number of hydrogen-bond acceptors (Lipinski definition) is 3. The lowest BCUT2D eigenvalue weighted by atomic mass is 10.1. The molecule has 3 rings (SSSR count). The van der Waals surface area contributed by atoms with Gasteiger partial charge < -0.3 is 15.2 Å². The standard InChI is InChI=1S/C10H10ClNO2/c11-7-4-9-8(13-5-14-9)3-6(7)10(12)1-2-10/h3-4H,1-2,5,12H2. The monoisotopic (exact) mass is 211 g/mol. The number of benzene rings is 1. The van der Waals surface area contributed by atoms with Gasteiger partial charge >= 0.3 is 0 Å². The summed E-state index contributed by atoms with van der Waals surface area (Å²) < 4.78 is 10.5. The molecule has 1 aliphatic carbocycles. The first-order valence-electron chi connectivity index (χ1n) is 4.58. The quantitative estimate of drug-likeness (QED) is 0.773. The summed E-state index contributed by atoms with van der Waals surface area (Å²) in [4.78, 5) is 0. The van der Waals surface area contributed by atoms with Gasteiger partial charge in [-0.15, -0.1) is 0 Å². The molecule has 0 bridgehead atoms. The maximum Gasteiger partial charge on any atom is 0.231 e. The molecule has 1 aliphatic heterocycles. The molecular weight excluding hydrogens is 202 g/mol. The van der Waals surface area contributed by atoms with Crippen molar-refractivity contribution in [3.8, 4) is 11.5 Å². The zero-order valence-electron chi connectivity index (χ0n) is 7.55. The van der Waals surface area contributed by atoms with Crippen LogP contribution in [0.3, 0.4) is 0 Å². The lowest BCUT2D eigenvalue weighted by Crippen LogP contribution is -2.19. The molecule has 0 unspecified atom stereocenters. The highest BCUT2D eigenvalue weighted by Gasteiger charge is 2.42. The number of fused-ring (bicyclic) bond motifs is 1. The molecule has 74 valence electrons. The highest BCUT2D eigenvalue weighted by atomic mass is 35.5. The second kappa shape index (κ2) is 2.55. The van der Waals surface area contributed by atoms with Crippen LogP contribution in [-0.4, -0.2) is 6.79 Å². The molecule has 0 spiro atoms. The Morgan fingerprint density at radius 1 is 1.21 bits per heavy atom. The number of halogens is 1. The van der Waals surface area contributed by atoms with Crippen LogP contribution in [0.5, 0.6) is 11.5 Å². The predicted molar refractivity (Wildman–Crippen MR) is 52.7 cm³/mol. The second-order valence-corrected chi connectivity index (χ2v) is 4.25. The Kier molecular flexibility index (Phi) is 1.53. The first-order chi connectivity index (χ1) is 6.69. The number of rotatable bonds is 1. The van der Waals surface area contributed by atoms with E-state index in [2.05, 4.69) is 0 Å². The van der Waals surface area contributed by atoms with E-state index in [9.17, 15) is 0 Å². The molecule has 14 heavy (non-hydrogen) atoms. The highest BCUT2D eigenvalue weighted by Crippen LogP contribution is 2.49. The third-order valence-corrected chi connectivity index (χ3v) is 3.10. The van der Waals surface area contributed by atoms with E-state index in [1.165, 1.54) is 0 Å². The molecule has 3 nitrogen and oxygen atoms in total. The predicted octanol–water partition coefficient (Wildman–Crippen LogP) is 2.02. The maximum atomic E-state index is 6.12. The van der Waals surface area contributed by atoms with Crippen molar-refractivity contribution in [1.29, 1.82) is 0 Å². The minimum atomic E-state index is -0.224. The van der Waals surface area contributed by atoms with E-state index >= 15 is 0 Å². The van der Waals surface area contributed by atoms with E-state index in [1.807, 2.05) is 6.07 Å². The van der Waals surface area contributed by atoms with E-state index in [4.69, 9.17) is 26.8 Å². The van der Waals surface area contributed by atoms with Crippen LogP contribution >= 0.6 is 11.6 Å². The Morgan fingerprint density at radius 3 is 2.50 bits per heavy atom. The Morgan fingerprint density at radius 2 is 1.86 bits per heavy atom. The van der Waals surface area contributed by atoms with Crippen molar-refractivity contribution < 1.29 is 9.47 Å². The van der Waals surface area contributed by atoms with E-state index in [0.717, 1.165) is 24.2 Å². The molecule has 1 heterocycles. The lowest BCUT2D eigenvalue weighted by molar-refractivity contribution is 0.174. The van der Waals surface area contributed by atoms with Gasteiger partial charge in [-0.2, -0.15) is 0 Å². The van der Waals surface area contributed by atoms with Crippen molar-refractivity contribution in [2.45, 2.75) is 18.4 Å². The second-order valence-electron chi connectivity index (χ2n) is 3.84. The van der Waals surface area contributed by atoms with Crippen molar-refractivity contribution in [3.05, 3.63) is 22.7 Å². The molecule has 0 saturated heterocycles. The first-order valence-corrected chi connectivity index (χ1v) is 4.95. The van der Waals surface area contributed by atoms with Crippen molar-refractivity contribution in [2.24, 2.45) is 5.73 Å². The number of nitrogens with two attached hydrogens (primary N) is 1. The van der Waals surface area contributed by atoms with Gasteiger partial charge in [-0.1, -0.05) is 11.6 Å². The van der Waals surface area contributed by atoms with Crippen LogP contribution in [0, 0.1) is 0 Å². The van der Waals surface area contributed by atoms with Gasteiger partial charge in [0.2, 0.25) is 6.79 Å². The third-order valence-electron chi connectivity index (χ3n) is 2.79. The molecule has 1 aromatic carbocycles. The van der Waals surface area contributed by atoms with Crippen molar-refractivity contribution in [1.82, 2.24) is 0 Å². The molecule has 1 saturated carbocycles. The van der Waals surface area contributed by atoms with Gasteiger partial charge in [-0.05, 0) is 24.5 Å². The van der Waals surface area contributed by atoms with Crippen LogP contribution in [0.15, 0.2) is 12.1 Å². The third kappa shape index (κ3) is 1.09. The van der Waals surface area contributed by atoms with Gasteiger partial charge in [0.05, 0.1) is 0 Å².